The maximum atomic E-state index is 9.94. The summed E-state index contributed by atoms with van der Waals surface area (Å²) in [5.74, 6) is 0.288. The molecule has 2 N–H and O–H groups in total. The number of hydrogen-bond acceptors (Lipinski definition) is 4. The Kier molecular flexibility index (Phi) is 2.37. The zero-order valence-corrected chi connectivity index (χ0v) is 6.18. The third-order valence-electron chi connectivity index (χ3n) is 1.25. The van der Waals surface area contributed by atoms with Crippen LogP contribution in [0.15, 0.2) is 24.5 Å². The fraction of sp³-hybridized carbons (Fsp3) is 0. The van der Waals surface area contributed by atoms with Gasteiger partial charge in [0.25, 0.3) is 0 Å². The van der Waals surface area contributed by atoms with Crippen molar-refractivity contribution in [1.29, 1.82) is 0 Å². The van der Waals surface area contributed by atoms with Crippen molar-refractivity contribution in [2.75, 3.05) is 5.73 Å². The summed E-state index contributed by atoms with van der Waals surface area (Å²) in [6, 6.07) is 3.32. The number of nitrogens with two attached hydrogens (primary N) is 1. The fourth-order valence-electron chi connectivity index (χ4n) is 0.712. The van der Waals surface area contributed by atoms with Crippen molar-refractivity contribution < 1.29 is 4.92 Å². The average Bonchev–Trinajstić information content (AvgIpc) is 2.03. The van der Waals surface area contributed by atoms with Gasteiger partial charge in [0.15, 0.2) is 0 Å². The van der Waals surface area contributed by atoms with Crippen LogP contribution in [0, 0.1) is 10.1 Å². The number of nitro groups is 1. The Bertz CT molecular complexity index is 322. The summed E-state index contributed by atoms with van der Waals surface area (Å²) in [6.45, 7) is 0. The van der Waals surface area contributed by atoms with E-state index >= 15 is 0 Å². The van der Waals surface area contributed by atoms with E-state index in [0.717, 1.165) is 6.20 Å². The van der Waals surface area contributed by atoms with Crippen LogP contribution in [-0.4, -0.2) is 9.91 Å². The summed E-state index contributed by atoms with van der Waals surface area (Å²) in [5.41, 5.74) is 5.97. The molecule has 0 aromatic carbocycles. The van der Waals surface area contributed by atoms with Crippen molar-refractivity contribution in [2.24, 2.45) is 0 Å². The molecule has 1 heterocycles. The molecule has 1 aromatic heterocycles. The van der Waals surface area contributed by atoms with Crippen molar-refractivity contribution in [1.82, 2.24) is 4.98 Å². The second-order valence-corrected chi connectivity index (χ2v) is 2.08. The molecule has 0 aliphatic carbocycles. The van der Waals surface area contributed by atoms with E-state index in [-0.39, 0.29) is 5.82 Å². The normalized spacial score (nSPS) is 10.3. The highest BCUT2D eigenvalue weighted by molar-refractivity contribution is 5.59. The molecule has 5 nitrogen and oxygen atoms in total. The van der Waals surface area contributed by atoms with Crippen molar-refractivity contribution in [3.8, 4) is 0 Å². The van der Waals surface area contributed by atoms with Crippen LogP contribution in [0.25, 0.3) is 6.08 Å². The Morgan fingerprint density at radius 2 is 2.42 bits per heavy atom. The molecular formula is C7H7N3O2. The summed E-state index contributed by atoms with van der Waals surface area (Å²) in [5, 5.41) is 9.94. The average molecular weight is 165 g/mol. The van der Waals surface area contributed by atoms with Gasteiger partial charge in [-0.25, -0.2) is 4.98 Å². The van der Waals surface area contributed by atoms with Gasteiger partial charge in [-0.3, -0.25) is 10.1 Å². The van der Waals surface area contributed by atoms with E-state index in [1.807, 2.05) is 0 Å². The van der Waals surface area contributed by atoms with Crippen LogP contribution in [0.1, 0.15) is 5.56 Å². The molecule has 1 aromatic rings. The molecule has 0 bridgehead atoms. The molecular weight excluding hydrogens is 158 g/mol. The maximum Gasteiger partial charge on any atom is 0.235 e. The Morgan fingerprint density at radius 3 is 3.00 bits per heavy atom. The van der Waals surface area contributed by atoms with Crippen molar-refractivity contribution in [3.63, 3.8) is 0 Å². The third kappa shape index (κ3) is 2.05. The lowest BCUT2D eigenvalue weighted by atomic mass is 10.2. The van der Waals surface area contributed by atoms with Crippen LogP contribution in [0.3, 0.4) is 0 Å². The largest absolute Gasteiger partial charge is 0.383 e. The maximum absolute atomic E-state index is 9.94. The van der Waals surface area contributed by atoms with Gasteiger partial charge in [0, 0.05) is 17.8 Å². The molecule has 0 aliphatic heterocycles. The van der Waals surface area contributed by atoms with Crippen LogP contribution in [0.2, 0.25) is 0 Å². The van der Waals surface area contributed by atoms with Crippen LogP contribution < -0.4 is 5.73 Å². The van der Waals surface area contributed by atoms with Gasteiger partial charge in [-0.15, -0.1) is 0 Å². The second kappa shape index (κ2) is 3.47. The first-order valence-electron chi connectivity index (χ1n) is 3.22. The fourth-order valence-corrected chi connectivity index (χ4v) is 0.712. The molecule has 0 unspecified atom stereocenters. The van der Waals surface area contributed by atoms with Crippen LogP contribution in [0.4, 0.5) is 5.82 Å². The van der Waals surface area contributed by atoms with E-state index in [0.29, 0.717) is 5.56 Å². The molecule has 0 saturated heterocycles. The Morgan fingerprint density at radius 1 is 1.67 bits per heavy atom. The van der Waals surface area contributed by atoms with Crippen LogP contribution >= 0.6 is 0 Å². The molecule has 0 atom stereocenters. The van der Waals surface area contributed by atoms with Gasteiger partial charge in [0.05, 0.1) is 4.92 Å². The summed E-state index contributed by atoms with van der Waals surface area (Å²) < 4.78 is 0. The predicted octanol–water partition coefficient (Wildman–Crippen LogP) is 0.911. The molecule has 0 saturated carbocycles. The smallest absolute Gasteiger partial charge is 0.235 e. The van der Waals surface area contributed by atoms with Gasteiger partial charge in [-0.1, -0.05) is 0 Å². The first-order chi connectivity index (χ1) is 5.70. The predicted molar refractivity (Wildman–Crippen MR) is 44.7 cm³/mol. The van der Waals surface area contributed by atoms with Gasteiger partial charge >= 0.3 is 0 Å². The Hall–Kier alpha value is -1.91. The number of hydrogen-bond donors (Lipinski definition) is 1. The van der Waals surface area contributed by atoms with E-state index in [2.05, 4.69) is 4.98 Å². The molecule has 1 rings (SSSR count). The molecule has 12 heavy (non-hydrogen) atoms. The number of anilines is 1. The van der Waals surface area contributed by atoms with E-state index in [9.17, 15) is 10.1 Å². The summed E-state index contributed by atoms with van der Waals surface area (Å²) >= 11 is 0. The zero-order chi connectivity index (χ0) is 8.97. The zero-order valence-electron chi connectivity index (χ0n) is 6.18. The molecule has 0 aliphatic rings. The highest BCUT2D eigenvalue weighted by atomic mass is 16.6. The van der Waals surface area contributed by atoms with Crippen molar-refractivity contribution >= 4 is 11.9 Å². The number of nitrogen functional groups attached to an aromatic ring is 1. The van der Waals surface area contributed by atoms with E-state index in [1.165, 1.54) is 12.3 Å². The number of aromatic nitrogens is 1. The summed E-state index contributed by atoms with van der Waals surface area (Å²) in [7, 11) is 0. The van der Waals surface area contributed by atoms with E-state index in [1.54, 1.807) is 12.1 Å². The number of pyridine rings is 1. The van der Waals surface area contributed by atoms with Crippen LogP contribution in [0.5, 0.6) is 0 Å². The lowest BCUT2D eigenvalue weighted by molar-refractivity contribution is -0.400. The highest BCUT2D eigenvalue weighted by Crippen LogP contribution is 2.08. The quantitative estimate of drug-likeness (QED) is 0.521. The van der Waals surface area contributed by atoms with Crippen molar-refractivity contribution in [3.05, 3.63) is 40.2 Å². The molecule has 5 heteroatoms. The monoisotopic (exact) mass is 165 g/mol. The Labute approximate surface area is 68.7 Å². The van der Waals surface area contributed by atoms with Gasteiger partial charge in [0.1, 0.15) is 5.82 Å². The minimum atomic E-state index is -0.549. The number of nitrogens with zero attached hydrogens (tertiary/aromatic N) is 2. The second-order valence-electron chi connectivity index (χ2n) is 2.08. The minimum absolute atomic E-state index is 0.288. The van der Waals surface area contributed by atoms with Crippen LogP contribution in [-0.2, 0) is 0 Å². The van der Waals surface area contributed by atoms with Gasteiger partial charge in [0.2, 0.25) is 6.20 Å². The summed E-state index contributed by atoms with van der Waals surface area (Å²) in [6.07, 6.45) is 3.66. The molecule has 0 spiro atoms. The first-order valence-corrected chi connectivity index (χ1v) is 3.22. The van der Waals surface area contributed by atoms with Gasteiger partial charge in [-0.05, 0) is 12.1 Å². The minimum Gasteiger partial charge on any atom is -0.383 e. The lowest BCUT2D eigenvalue weighted by Gasteiger charge is -1.94. The SMILES string of the molecule is Nc1ncccc1C=C[N+](=O)[O-]. The lowest BCUT2D eigenvalue weighted by Crippen LogP contribution is -1.92. The Balaban J connectivity index is 2.89. The van der Waals surface area contributed by atoms with Gasteiger partial charge < -0.3 is 5.73 Å². The topological polar surface area (TPSA) is 82.0 Å². The van der Waals surface area contributed by atoms with Gasteiger partial charge in [-0.2, -0.15) is 0 Å². The first kappa shape index (κ1) is 8.19. The van der Waals surface area contributed by atoms with E-state index < -0.39 is 4.92 Å². The molecule has 0 radical (unpaired) electrons. The molecule has 0 fully saturated rings. The van der Waals surface area contributed by atoms with Crippen molar-refractivity contribution in [2.45, 2.75) is 0 Å². The number of rotatable bonds is 2. The van der Waals surface area contributed by atoms with E-state index in [4.69, 9.17) is 5.73 Å². The third-order valence-corrected chi connectivity index (χ3v) is 1.25. The summed E-state index contributed by atoms with van der Waals surface area (Å²) in [4.78, 5) is 13.2. The molecule has 0 amide bonds. The highest BCUT2D eigenvalue weighted by Gasteiger charge is 1.94. The molecule has 62 valence electrons. The standard InChI is InChI=1S/C7H7N3O2/c8-7-6(2-1-4-9-7)3-5-10(11)12/h1-5H,(H2,8,9).